The van der Waals surface area contributed by atoms with Crippen LogP contribution in [0.2, 0.25) is 0 Å². The van der Waals surface area contributed by atoms with Gasteiger partial charge in [0.15, 0.2) is 17.2 Å². The van der Waals surface area contributed by atoms with E-state index >= 15 is 0 Å². The van der Waals surface area contributed by atoms with Crippen molar-refractivity contribution >= 4 is 36.3 Å². The number of carbonyl (C=O) groups is 2. The van der Waals surface area contributed by atoms with Gasteiger partial charge in [0, 0.05) is 17.8 Å². The smallest absolute Gasteiger partial charge is 0.338 e. The number of fused-ring (bicyclic) bond motifs is 1. The van der Waals surface area contributed by atoms with Crippen LogP contribution in [0.3, 0.4) is 0 Å². The van der Waals surface area contributed by atoms with Gasteiger partial charge in [-0.25, -0.2) is 19.7 Å². The summed E-state index contributed by atoms with van der Waals surface area (Å²) in [6.45, 7) is 6.08. The molecule has 5 rings (SSSR count). The number of anilines is 1. The Balaban J connectivity index is 1.34. The molecule has 0 aliphatic carbocycles. The van der Waals surface area contributed by atoms with Crippen molar-refractivity contribution in [2.45, 2.75) is 39.2 Å². The second-order valence-corrected chi connectivity index (χ2v) is 13.5. The minimum atomic E-state index is -3.42. The maximum Gasteiger partial charge on any atom is 0.338 e. The van der Waals surface area contributed by atoms with Crippen molar-refractivity contribution in [1.82, 2.24) is 19.5 Å². The number of ether oxygens (including phenoxy) is 3. The predicted octanol–water partition coefficient (Wildman–Crippen LogP) is 3.96. The van der Waals surface area contributed by atoms with Crippen molar-refractivity contribution in [2.24, 2.45) is 5.41 Å². The van der Waals surface area contributed by atoms with E-state index in [1.165, 1.54) is 37.3 Å². The van der Waals surface area contributed by atoms with Crippen LogP contribution in [-0.2, 0) is 23.1 Å². The fourth-order valence-electron chi connectivity index (χ4n) is 5.40. The first-order valence-corrected chi connectivity index (χ1v) is 17.0. The molecule has 3 N–H and O–H groups in total. The van der Waals surface area contributed by atoms with Gasteiger partial charge in [0.05, 0.1) is 36.6 Å². The number of ketones is 1. The maximum absolute atomic E-state index is 13.2. The molecule has 0 bridgehead atoms. The van der Waals surface area contributed by atoms with Crippen LogP contribution in [0.15, 0.2) is 54.9 Å². The lowest BCUT2D eigenvalue weighted by Crippen LogP contribution is -2.42. The number of nitrogens with zero attached hydrogens (tertiary/aromatic N) is 4. The number of esters is 1. The molecule has 48 heavy (non-hydrogen) atoms. The Hall–Kier alpha value is -4.64. The van der Waals surface area contributed by atoms with E-state index in [1.807, 2.05) is 0 Å². The van der Waals surface area contributed by atoms with Crippen LogP contribution in [-0.4, -0.2) is 81.7 Å². The molecule has 252 valence electrons. The molecule has 15 heteroatoms. The van der Waals surface area contributed by atoms with Crippen molar-refractivity contribution in [2.75, 3.05) is 38.8 Å². The topological polar surface area (TPSA) is 187 Å². The van der Waals surface area contributed by atoms with Crippen LogP contribution >= 0.6 is 7.60 Å². The van der Waals surface area contributed by atoms with Gasteiger partial charge in [-0.05, 0) is 57.2 Å². The molecular weight excluding hydrogens is 641 g/mol. The van der Waals surface area contributed by atoms with E-state index in [0.717, 1.165) is 0 Å². The molecule has 1 saturated heterocycles. The van der Waals surface area contributed by atoms with E-state index in [1.54, 1.807) is 49.6 Å². The lowest BCUT2D eigenvalue weighted by Gasteiger charge is -2.32. The molecule has 1 aliphatic rings. The Morgan fingerprint density at radius 2 is 1.75 bits per heavy atom. The first-order chi connectivity index (χ1) is 22.9. The Morgan fingerprint density at radius 1 is 1.10 bits per heavy atom. The Kier molecular flexibility index (Phi) is 10.3. The lowest BCUT2D eigenvalue weighted by molar-refractivity contribution is -0.0620. The largest absolute Gasteiger partial charge is 0.481 e. The molecule has 0 spiro atoms. The average Bonchev–Trinajstić information content (AvgIpc) is 3.59. The van der Waals surface area contributed by atoms with Crippen molar-refractivity contribution < 1.29 is 42.5 Å². The van der Waals surface area contributed by atoms with Crippen LogP contribution in [0.4, 0.5) is 5.82 Å². The van der Waals surface area contributed by atoms with Crippen LogP contribution in [0, 0.1) is 24.7 Å². The van der Waals surface area contributed by atoms with Gasteiger partial charge in [0.25, 0.3) is 0 Å². The number of hydrogen-bond donors (Lipinski definition) is 2. The summed E-state index contributed by atoms with van der Waals surface area (Å²) in [6.07, 6.45) is 3.43. The molecule has 2 aromatic heterocycles. The summed E-state index contributed by atoms with van der Waals surface area (Å²) in [7, 11) is -3.42. The molecule has 0 radical (unpaired) electrons. The van der Waals surface area contributed by atoms with E-state index in [9.17, 15) is 19.3 Å². The van der Waals surface area contributed by atoms with E-state index in [-0.39, 0.29) is 43.6 Å². The average molecular weight is 678 g/mol. The van der Waals surface area contributed by atoms with Crippen molar-refractivity contribution in [3.05, 3.63) is 77.4 Å². The molecular formula is C33H36N5O9P. The van der Waals surface area contributed by atoms with Gasteiger partial charge < -0.3 is 34.1 Å². The van der Waals surface area contributed by atoms with E-state index in [4.69, 9.17) is 35.4 Å². The number of aryl methyl sites for hydroxylation is 1. The van der Waals surface area contributed by atoms with Gasteiger partial charge in [-0.15, -0.1) is 6.42 Å². The first kappa shape index (κ1) is 34.7. The van der Waals surface area contributed by atoms with Gasteiger partial charge in [0.2, 0.25) is 0 Å². The number of nitrogen functional groups attached to an aromatic ring is 1. The lowest BCUT2D eigenvalue weighted by atomic mass is 9.83. The summed E-state index contributed by atoms with van der Waals surface area (Å²) < 4.78 is 42.3. The number of aliphatic hydroxyl groups excluding tert-OH is 1. The Bertz CT molecular complexity index is 1890. The summed E-state index contributed by atoms with van der Waals surface area (Å²) in [5, 5.41) is 11.6. The summed E-state index contributed by atoms with van der Waals surface area (Å²) in [5.74, 6) is 2.54. The standard InChI is InChI=1S/C33H36N5O9P/c1-6-16-43-24-14-12-22(13-15-24)27(39)21-8-10-23(11-9-21)31(41)44-18-33(4)28(40)25(17-46-48(5,42)45-7-2)47-32(33)38-19-35-26-29(34)36-20(3)37-30(26)38/h1,8-15,19,25,28,32,40H,7,16-18H2,2-5H3,(H2,34,36,37)/t25-,28+,32-,33?,48?/m1/s1. The molecule has 5 atom stereocenters. The first-order valence-electron chi connectivity index (χ1n) is 15.0. The zero-order chi connectivity index (χ0) is 34.6. The normalized spacial score (nSPS) is 21.8. The van der Waals surface area contributed by atoms with Gasteiger partial charge in [-0.3, -0.25) is 13.9 Å². The third-order valence-electron chi connectivity index (χ3n) is 7.88. The molecule has 2 unspecified atom stereocenters. The number of nitrogens with two attached hydrogens (primary N) is 1. The van der Waals surface area contributed by atoms with Gasteiger partial charge in [-0.1, -0.05) is 18.1 Å². The number of benzene rings is 2. The monoisotopic (exact) mass is 677 g/mol. The highest BCUT2D eigenvalue weighted by molar-refractivity contribution is 7.52. The molecule has 1 fully saturated rings. The quantitative estimate of drug-likeness (QED) is 0.0897. The number of aliphatic hydroxyl groups is 1. The summed E-state index contributed by atoms with van der Waals surface area (Å²) >= 11 is 0. The Labute approximate surface area is 277 Å². The third kappa shape index (κ3) is 7.26. The fourth-order valence-corrected chi connectivity index (χ4v) is 6.36. The van der Waals surface area contributed by atoms with Gasteiger partial charge in [-0.2, -0.15) is 0 Å². The third-order valence-corrected chi connectivity index (χ3v) is 9.23. The van der Waals surface area contributed by atoms with Crippen LogP contribution in [0.25, 0.3) is 11.2 Å². The highest BCUT2D eigenvalue weighted by atomic mass is 31.2. The number of rotatable bonds is 13. The number of carbonyl (C=O) groups excluding carboxylic acids is 2. The number of hydrogen-bond acceptors (Lipinski definition) is 13. The highest BCUT2D eigenvalue weighted by Gasteiger charge is 2.55. The van der Waals surface area contributed by atoms with Crippen molar-refractivity contribution in [3.63, 3.8) is 0 Å². The molecule has 2 aromatic carbocycles. The number of imidazole rings is 1. The van der Waals surface area contributed by atoms with E-state index < -0.39 is 37.4 Å². The number of aromatic nitrogens is 4. The molecule has 0 amide bonds. The minimum Gasteiger partial charge on any atom is -0.481 e. The summed E-state index contributed by atoms with van der Waals surface area (Å²) in [4.78, 5) is 39.2. The van der Waals surface area contributed by atoms with Gasteiger partial charge >= 0.3 is 13.6 Å². The molecule has 3 heterocycles. The maximum atomic E-state index is 13.2. The summed E-state index contributed by atoms with van der Waals surface area (Å²) in [5.41, 5.74) is 6.46. The van der Waals surface area contributed by atoms with Crippen LogP contribution in [0.5, 0.6) is 5.75 Å². The zero-order valence-corrected chi connectivity index (χ0v) is 27.8. The molecule has 4 aromatic rings. The SMILES string of the molecule is C#CCOc1ccc(C(=O)c2ccc(C(=O)OCC3(C)[C@@H](O)[C@@H](COP(C)(=O)OCC)O[C@H]3n3cnc4c(N)nc(C)nc43)cc2)cc1. The molecule has 14 nitrogen and oxygen atoms in total. The second-order valence-electron chi connectivity index (χ2n) is 11.4. The predicted molar refractivity (Wildman–Crippen MR) is 175 cm³/mol. The second kappa shape index (κ2) is 14.2. The molecule has 1 aliphatic heterocycles. The Morgan fingerprint density at radius 3 is 2.40 bits per heavy atom. The fraction of sp³-hybridized carbons (Fsp3) is 0.364. The van der Waals surface area contributed by atoms with Crippen molar-refractivity contribution in [3.8, 4) is 18.1 Å². The number of terminal acetylenes is 1. The minimum absolute atomic E-state index is 0.117. The highest BCUT2D eigenvalue weighted by Crippen LogP contribution is 2.49. The van der Waals surface area contributed by atoms with Gasteiger partial charge in [0.1, 0.15) is 42.6 Å². The van der Waals surface area contributed by atoms with Crippen molar-refractivity contribution in [1.29, 1.82) is 0 Å². The summed E-state index contributed by atoms with van der Waals surface area (Å²) in [6, 6.07) is 12.6. The molecule has 0 saturated carbocycles. The van der Waals surface area contributed by atoms with Crippen LogP contribution < -0.4 is 10.5 Å². The van der Waals surface area contributed by atoms with Crippen LogP contribution in [0.1, 0.15) is 52.2 Å². The van der Waals surface area contributed by atoms with E-state index in [2.05, 4.69) is 20.9 Å². The zero-order valence-electron chi connectivity index (χ0n) is 26.9. The van der Waals surface area contributed by atoms with E-state index in [0.29, 0.717) is 33.9 Å².